The van der Waals surface area contributed by atoms with Crippen molar-refractivity contribution in [1.82, 2.24) is 30.0 Å². The Balaban J connectivity index is 0.000000384. The minimum Gasteiger partial charge on any atom is -0.507 e. The maximum absolute atomic E-state index is 10.6. The van der Waals surface area contributed by atoms with Crippen molar-refractivity contribution >= 4 is 11.9 Å². The molecule has 2 aromatic heterocycles. The maximum atomic E-state index is 10.6. The molecule has 1 aromatic carbocycles. The Hall–Kier alpha value is -3.87. The highest BCUT2D eigenvalue weighted by Crippen LogP contribution is 2.41. The molecule has 190 valence electrons. The number of phenols is 1. The predicted octanol–water partition coefficient (Wildman–Crippen LogP) is 2.87. The molecule has 2 aliphatic rings. The Labute approximate surface area is 204 Å². The lowest BCUT2D eigenvalue weighted by Crippen LogP contribution is -2.60. The molecule has 0 atom stereocenters. The van der Waals surface area contributed by atoms with Crippen LogP contribution in [0.1, 0.15) is 12.8 Å². The highest BCUT2D eigenvalue weighted by Gasteiger charge is 2.45. The molecule has 1 spiro atoms. The van der Waals surface area contributed by atoms with Gasteiger partial charge in [-0.3, -0.25) is 0 Å². The number of alkyl halides is 3. The van der Waals surface area contributed by atoms with Crippen molar-refractivity contribution in [3.63, 3.8) is 0 Å². The van der Waals surface area contributed by atoms with Gasteiger partial charge in [-0.2, -0.15) is 13.2 Å². The van der Waals surface area contributed by atoms with Crippen molar-refractivity contribution in [3.8, 4) is 28.4 Å². The zero-order valence-electron chi connectivity index (χ0n) is 19.4. The van der Waals surface area contributed by atoms with Gasteiger partial charge in [0.25, 0.3) is 0 Å². The van der Waals surface area contributed by atoms with E-state index >= 15 is 0 Å². The zero-order valence-corrected chi connectivity index (χ0v) is 19.4. The first kappa shape index (κ1) is 25.2. The number of hydrogen-bond acceptors (Lipinski definition) is 9. The second kappa shape index (κ2) is 10.0. The molecular weight excluding hydrogens is 479 g/mol. The van der Waals surface area contributed by atoms with Crippen molar-refractivity contribution < 1.29 is 28.2 Å². The number of piperidine rings is 1. The van der Waals surface area contributed by atoms with Gasteiger partial charge in [-0.05, 0) is 51.2 Å². The van der Waals surface area contributed by atoms with Crippen molar-refractivity contribution in [2.45, 2.75) is 19.0 Å². The van der Waals surface area contributed by atoms with E-state index in [0.717, 1.165) is 31.7 Å². The summed E-state index contributed by atoms with van der Waals surface area (Å²) in [5.41, 5.74) is 2.30. The molecule has 0 saturated carbocycles. The van der Waals surface area contributed by atoms with E-state index in [1.54, 1.807) is 36.8 Å². The summed E-state index contributed by atoms with van der Waals surface area (Å²) < 4.78 is 31.7. The van der Waals surface area contributed by atoms with Crippen molar-refractivity contribution in [2.75, 3.05) is 38.1 Å². The number of carbonyl (C=O) groups is 1. The summed E-state index contributed by atoms with van der Waals surface area (Å²) in [6.07, 6.45) is 2.41. The number of likely N-dealkylation sites (tertiary alicyclic amines) is 1. The van der Waals surface area contributed by atoms with Gasteiger partial charge in [0, 0.05) is 42.0 Å². The van der Waals surface area contributed by atoms with Gasteiger partial charge in [0.15, 0.2) is 5.82 Å². The van der Waals surface area contributed by atoms with Gasteiger partial charge in [0.2, 0.25) is 5.95 Å². The highest BCUT2D eigenvalue weighted by molar-refractivity contribution is 5.73. The van der Waals surface area contributed by atoms with Gasteiger partial charge in [-0.25, -0.2) is 19.7 Å². The standard InChI is InChI=1S/C21H23N7O.C2HF3O2/c1-27-9-5-21(6-10-27)13-28(14-21)20-24-12-17(25-26-20)16-4-3-15(11-18(16)29)19-22-7-2-8-23-19;3-2(4,5)1(6)7/h2-4,7-8,11-12,29H,5-6,9-10,13-14H2,1H3;(H,6,7). The van der Waals surface area contributed by atoms with Gasteiger partial charge < -0.3 is 20.0 Å². The molecule has 3 aromatic rings. The number of nitrogens with zero attached hydrogens (tertiary/aromatic N) is 7. The second-order valence-corrected chi connectivity index (χ2v) is 8.91. The average Bonchev–Trinajstić information content (AvgIpc) is 2.84. The van der Waals surface area contributed by atoms with Crippen LogP contribution in [0, 0.1) is 5.41 Å². The molecule has 4 heterocycles. The third-order valence-electron chi connectivity index (χ3n) is 6.27. The van der Waals surface area contributed by atoms with Crippen LogP contribution < -0.4 is 4.90 Å². The van der Waals surface area contributed by atoms with Crippen LogP contribution >= 0.6 is 0 Å². The van der Waals surface area contributed by atoms with Gasteiger partial charge in [-0.1, -0.05) is 6.07 Å². The molecule has 5 rings (SSSR count). The normalized spacial score (nSPS) is 17.2. The molecule has 0 bridgehead atoms. The van der Waals surface area contributed by atoms with Crippen LogP contribution in [0.3, 0.4) is 0 Å². The van der Waals surface area contributed by atoms with Crippen LogP contribution in [0.25, 0.3) is 22.6 Å². The SMILES string of the molecule is CN1CCC2(CC1)CN(c1ncc(-c3ccc(-c4ncccn4)cc3O)nn1)C2.O=C(O)C(F)(F)F. The quantitative estimate of drug-likeness (QED) is 0.551. The average molecular weight is 503 g/mol. The molecule has 2 N–H and O–H groups in total. The van der Waals surface area contributed by atoms with Gasteiger partial charge in [0.1, 0.15) is 11.4 Å². The fourth-order valence-corrected chi connectivity index (χ4v) is 4.19. The second-order valence-electron chi connectivity index (χ2n) is 8.91. The molecular formula is C23H24F3N7O3. The van der Waals surface area contributed by atoms with E-state index in [-0.39, 0.29) is 5.75 Å². The Morgan fingerprint density at radius 2 is 1.69 bits per heavy atom. The van der Waals surface area contributed by atoms with Crippen molar-refractivity contribution in [2.24, 2.45) is 5.41 Å². The van der Waals surface area contributed by atoms with E-state index in [1.807, 2.05) is 6.07 Å². The summed E-state index contributed by atoms with van der Waals surface area (Å²) >= 11 is 0. The van der Waals surface area contributed by atoms with Crippen LogP contribution in [0.2, 0.25) is 0 Å². The summed E-state index contributed by atoms with van der Waals surface area (Å²) in [6.45, 7) is 4.32. The first-order valence-corrected chi connectivity index (χ1v) is 11.1. The van der Waals surface area contributed by atoms with E-state index in [0.29, 0.717) is 28.4 Å². The van der Waals surface area contributed by atoms with Crippen LogP contribution in [-0.4, -0.2) is 85.6 Å². The molecule has 2 aliphatic heterocycles. The number of carboxylic acids is 1. The largest absolute Gasteiger partial charge is 0.507 e. The van der Waals surface area contributed by atoms with Crippen molar-refractivity contribution in [3.05, 3.63) is 42.9 Å². The molecule has 0 unspecified atom stereocenters. The summed E-state index contributed by atoms with van der Waals surface area (Å²) in [6, 6.07) is 7.05. The van der Waals surface area contributed by atoms with E-state index in [9.17, 15) is 18.3 Å². The monoisotopic (exact) mass is 503 g/mol. The lowest BCUT2D eigenvalue weighted by atomic mass is 9.72. The third kappa shape index (κ3) is 5.67. The molecule has 10 nitrogen and oxygen atoms in total. The first-order valence-electron chi connectivity index (χ1n) is 11.1. The number of benzene rings is 1. The molecule has 0 aliphatic carbocycles. The Morgan fingerprint density at radius 1 is 1.06 bits per heavy atom. The number of phenolic OH excluding ortho intramolecular Hbond substituents is 1. The summed E-state index contributed by atoms with van der Waals surface area (Å²) in [7, 11) is 2.18. The number of halogens is 3. The number of aromatic nitrogens is 5. The fraction of sp³-hybridized carbons (Fsp3) is 0.391. The number of aliphatic carboxylic acids is 1. The summed E-state index contributed by atoms with van der Waals surface area (Å²) in [4.78, 5) is 26.4. The Bertz CT molecular complexity index is 1190. The van der Waals surface area contributed by atoms with E-state index in [1.165, 1.54) is 12.8 Å². The van der Waals surface area contributed by atoms with Crippen LogP contribution in [0.15, 0.2) is 42.9 Å². The Morgan fingerprint density at radius 3 is 2.22 bits per heavy atom. The molecule has 0 radical (unpaired) electrons. The number of aromatic hydroxyl groups is 1. The van der Waals surface area contributed by atoms with Crippen LogP contribution in [0.4, 0.5) is 19.1 Å². The van der Waals surface area contributed by atoms with Crippen LogP contribution in [-0.2, 0) is 4.79 Å². The molecule has 2 saturated heterocycles. The number of rotatable bonds is 3. The van der Waals surface area contributed by atoms with Gasteiger partial charge >= 0.3 is 12.1 Å². The Kier molecular flexibility index (Phi) is 7.02. The lowest BCUT2D eigenvalue weighted by molar-refractivity contribution is -0.192. The molecule has 2 fully saturated rings. The highest BCUT2D eigenvalue weighted by atomic mass is 19.4. The fourth-order valence-electron chi connectivity index (χ4n) is 4.19. The predicted molar refractivity (Wildman–Crippen MR) is 123 cm³/mol. The van der Waals surface area contributed by atoms with Gasteiger partial charge in [0.05, 0.1) is 6.20 Å². The lowest BCUT2D eigenvalue weighted by Gasteiger charge is -2.53. The van der Waals surface area contributed by atoms with Gasteiger partial charge in [-0.15, -0.1) is 10.2 Å². The molecule has 36 heavy (non-hydrogen) atoms. The molecule has 13 heteroatoms. The number of hydrogen-bond donors (Lipinski definition) is 2. The van der Waals surface area contributed by atoms with Crippen LogP contribution in [0.5, 0.6) is 5.75 Å². The number of carboxylic acid groups (broad SMARTS) is 1. The minimum atomic E-state index is -5.08. The van der Waals surface area contributed by atoms with E-state index in [2.05, 4.69) is 42.0 Å². The minimum absolute atomic E-state index is 0.105. The number of anilines is 1. The molecule has 0 amide bonds. The maximum Gasteiger partial charge on any atom is 0.490 e. The van der Waals surface area contributed by atoms with E-state index < -0.39 is 12.1 Å². The summed E-state index contributed by atoms with van der Waals surface area (Å²) in [5.74, 6) is -1.43. The van der Waals surface area contributed by atoms with Crippen molar-refractivity contribution in [1.29, 1.82) is 0 Å². The smallest absolute Gasteiger partial charge is 0.490 e. The summed E-state index contributed by atoms with van der Waals surface area (Å²) in [5, 5.41) is 26.2. The van der Waals surface area contributed by atoms with E-state index in [4.69, 9.17) is 9.90 Å². The topological polar surface area (TPSA) is 128 Å². The first-order chi connectivity index (χ1) is 17.1. The third-order valence-corrected chi connectivity index (χ3v) is 6.27. The zero-order chi connectivity index (χ0) is 25.9.